The Bertz CT molecular complexity index is 1090. The van der Waals surface area contributed by atoms with Gasteiger partial charge < -0.3 is 9.88 Å². The Balaban J connectivity index is 1.49. The van der Waals surface area contributed by atoms with Crippen molar-refractivity contribution >= 4 is 16.9 Å². The third-order valence-electron chi connectivity index (χ3n) is 5.12. The zero-order valence-corrected chi connectivity index (χ0v) is 16.5. The van der Waals surface area contributed by atoms with Crippen LogP contribution in [0.4, 0.5) is 0 Å². The number of hydrogen-bond acceptors (Lipinski definition) is 3. The second-order valence-electron chi connectivity index (χ2n) is 7.07. The van der Waals surface area contributed by atoms with E-state index in [-0.39, 0.29) is 11.9 Å². The first-order valence-corrected chi connectivity index (χ1v) is 9.93. The number of imidazole rings is 1. The molecule has 0 radical (unpaired) electrons. The molecule has 4 aromatic rings. The summed E-state index contributed by atoms with van der Waals surface area (Å²) in [5, 5.41) is 2.97. The fourth-order valence-corrected chi connectivity index (χ4v) is 3.63. The molecule has 4 rings (SSSR count). The van der Waals surface area contributed by atoms with E-state index < -0.39 is 0 Å². The molecule has 0 bridgehead atoms. The lowest BCUT2D eigenvalue weighted by molar-refractivity contribution is 0.0952. The molecular formula is C24H24N4O. The van der Waals surface area contributed by atoms with Gasteiger partial charge in [0.05, 0.1) is 22.6 Å². The van der Waals surface area contributed by atoms with Crippen LogP contribution in [0.15, 0.2) is 79.1 Å². The maximum Gasteiger partial charge on any atom is 0.252 e. The second kappa shape index (κ2) is 8.69. The highest BCUT2D eigenvalue weighted by Gasteiger charge is 2.17. The van der Waals surface area contributed by atoms with E-state index in [4.69, 9.17) is 4.98 Å². The molecule has 0 spiro atoms. The second-order valence-corrected chi connectivity index (χ2v) is 7.07. The predicted octanol–water partition coefficient (Wildman–Crippen LogP) is 4.40. The molecular weight excluding hydrogens is 360 g/mol. The van der Waals surface area contributed by atoms with Gasteiger partial charge in [0, 0.05) is 25.4 Å². The minimum atomic E-state index is -0.0933. The number of hydrogen-bond donors (Lipinski definition) is 1. The van der Waals surface area contributed by atoms with Crippen LogP contribution in [0.5, 0.6) is 0 Å². The number of aromatic nitrogens is 3. The number of nitrogens with zero attached hydrogens (tertiary/aromatic N) is 3. The van der Waals surface area contributed by atoms with Crippen LogP contribution in [-0.4, -0.2) is 27.0 Å². The molecule has 2 aromatic heterocycles. The van der Waals surface area contributed by atoms with E-state index >= 15 is 0 Å². The van der Waals surface area contributed by atoms with E-state index in [1.807, 2.05) is 12.1 Å². The van der Waals surface area contributed by atoms with Gasteiger partial charge in [-0.1, -0.05) is 42.5 Å². The van der Waals surface area contributed by atoms with Crippen molar-refractivity contribution in [3.63, 3.8) is 0 Å². The van der Waals surface area contributed by atoms with Crippen LogP contribution in [0, 0.1) is 0 Å². The molecule has 2 heterocycles. The molecule has 0 saturated carbocycles. The number of para-hydroxylation sites is 2. The number of nitrogens with one attached hydrogen (secondary N) is 1. The Morgan fingerprint density at radius 1 is 1.03 bits per heavy atom. The molecule has 1 N–H and O–H groups in total. The Kier molecular flexibility index (Phi) is 5.66. The highest BCUT2D eigenvalue weighted by molar-refractivity contribution is 5.93. The highest BCUT2D eigenvalue weighted by atomic mass is 16.1. The number of pyridine rings is 1. The molecule has 5 heteroatoms. The van der Waals surface area contributed by atoms with Crippen molar-refractivity contribution in [1.29, 1.82) is 0 Å². The van der Waals surface area contributed by atoms with Crippen molar-refractivity contribution in [2.24, 2.45) is 0 Å². The van der Waals surface area contributed by atoms with Crippen molar-refractivity contribution in [2.75, 3.05) is 6.54 Å². The standard InChI is InChI=1S/C24H24N4O/c1-18(19-9-3-2-4-10-19)28-22-13-6-5-12-21(22)27-23(28)14-8-16-26-24(29)20-11-7-15-25-17-20/h2-7,9-13,15,17-18H,8,14,16H2,1H3,(H,26,29). The molecule has 1 amide bonds. The highest BCUT2D eigenvalue weighted by Crippen LogP contribution is 2.26. The van der Waals surface area contributed by atoms with E-state index in [1.165, 1.54) is 5.56 Å². The topological polar surface area (TPSA) is 59.8 Å². The van der Waals surface area contributed by atoms with Gasteiger partial charge in [-0.2, -0.15) is 0 Å². The van der Waals surface area contributed by atoms with Crippen LogP contribution < -0.4 is 5.32 Å². The molecule has 1 unspecified atom stereocenters. The van der Waals surface area contributed by atoms with Crippen LogP contribution in [0.25, 0.3) is 11.0 Å². The average Bonchev–Trinajstić information content (AvgIpc) is 3.15. The zero-order chi connectivity index (χ0) is 20.1. The predicted molar refractivity (Wildman–Crippen MR) is 115 cm³/mol. The summed E-state index contributed by atoms with van der Waals surface area (Å²) in [6, 6.07) is 22.4. The van der Waals surface area contributed by atoms with Crippen molar-refractivity contribution in [2.45, 2.75) is 25.8 Å². The number of carbonyl (C=O) groups excluding carboxylic acids is 1. The summed E-state index contributed by atoms with van der Waals surface area (Å²) in [5.41, 5.74) is 3.97. The molecule has 2 aromatic carbocycles. The van der Waals surface area contributed by atoms with Gasteiger partial charge in [-0.3, -0.25) is 9.78 Å². The van der Waals surface area contributed by atoms with E-state index in [0.717, 1.165) is 29.7 Å². The fraction of sp³-hybridized carbons (Fsp3) is 0.208. The molecule has 29 heavy (non-hydrogen) atoms. The molecule has 0 fully saturated rings. The average molecular weight is 384 g/mol. The molecule has 0 saturated heterocycles. The van der Waals surface area contributed by atoms with E-state index in [2.05, 4.69) is 64.3 Å². The third-order valence-corrected chi connectivity index (χ3v) is 5.12. The van der Waals surface area contributed by atoms with E-state index in [9.17, 15) is 4.79 Å². The van der Waals surface area contributed by atoms with Crippen LogP contribution in [0.1, 0.15) is 41.1 Å². The maximum absolute atomic E-state index is 12.2. The number of rotatable bonds is 7. The summed E-state index contributed by atoms with van der Waals surface area (Å²) in [6.45, 7) is 2.80. The number of benzene rings is 2. The lowest BCUT2D eigenvalue weighted by atomic mass is 10.1. The maximum atomic E-state index is 12.2. The zero-order valence-electron chi connectivity index (χ0n) is 16.5. The number of amides is 1. The van der Waals surface area contributed by atoms with Gasteiger partial charge in [-0.15, -0.1) is 0 Å². The van der Waals surface area contributed by atoms with Crippen molar-refractivity contribution in [3.05, 3.63) is 96.1 Å². The molecule has 1 atom stereocenters. The summed E-state index contributed by atoms with van der Waals surface area (Å²) in [7, 11) is 0. The van der Waals surface area contributed by atoms with Crippen LogP contribution in [-0.2, 0) is 6.42 Å². The minimum absolute atomic E-state index is 0.0933. The van der Waals surface area contributed by atoms with Crippen molar-refractivity contribution in [1.82, 2.24) is 19.9 Å². The molecule has 146 valence electrons. The van der Waals surface area contributed by atoms with Gasteiger partial charge in [0.1, 0.15) is 5.82 Å². The van der Waals surface area contributed by atoms with Crippen molar-refractivity contribution in [3.8, 4) is 0 Å². The van der Waals surface area contributed by atoms with E-state index in [1.54, 1.807) is 24.5 Å². The van der Waals surface area contributed by atoms with Gasteiger partial charge in [0.2, 0.25) is 0 Å². The van der Waals surface area contributed by atoms with Crippen LogP contribution >= 0.6 is 0 Å². The number of aryl methyl sites for hydroxylation is 1. The van der Waals surface area contributed by atoms with Gasteiger partial charge in [-0.05, 0) is 43.2 Å². The summed E-state index contributed by atoms with van der Waals surface area (Å²) < 4.78 is 2.31. The Morgan fingerprint density at radius 2 is 1.83 bits per heavy atom. The molecule has 0 aliphatic carbocycles. The van der Waals surface area contributed by atoms with Crippen molar-refractivity contribution < 1.29 is 4.79 Å². The van der Waals surface area contributed by atoms with Gasteiger partial charge in [0.15, 0.2) is 0 Å². The number of carbonyl (C=O) groups is 1. The molecule has 5 nitrogen and oxygen atoms in total. The Morgan fingerprint density at radius 3 is 2.62 bits per heavy atom. The monoisotopic (exact) mass is 384 g/mol. The summed E-state index contributed by atoms with van der Waals surface area (Å²) >= 11 is 0. The number of fused-ring (bicyclic) bond motifs is 1. The van der Waals surface area contributed by atoms with Crippen LogP contribution in [0.3, 0.4) is 0 Å². The molecule has 0 aliphatic heterocycles. The first-order valence-electron chi connectivity index (χ1n) is 9.93. The largest absolute Gasteiger partial charge is 0.352 e. The van der Waals surface area contributed by atoms with Gasteiger partial charge >= 0.3 is 0 Å². The minimum Gasteiger partial charge on any atom is -0.352 e. The Hall–Kier alpha value is -3.47. The third kappa shape index (κ3) is 4.19. The summed E-state index contributed by atoms with van der Waals surface area (Å²) in [5.74, 6) is 0.947. The SMILES string of the molecule is CC(c1ccccc1)n1c(CCCNC(=O)c2cccnc2)nc2ccccc21. The first-order chi connectivity index (χ1) is 14.2. The normalized spacial score (nSPS) is 12.0. The fourth-order valence-electron chi connectivity index (χ4n) is 3.63. The van der Waals surface area contributed by atoms with Gasteiger partial charge in [0.25, 0.3) is 5.91 Å². The summed E-state index contributed by atoms with van der Waals surface area (Å²) in [6.07, 6.45) is 4.85. The smallest absolute Gasteiger partial charge is 0.252 e. The lowest BCUT2D eigenvalue weighted by Gasteiger charge is -2.18. The first kappa shape index (κ1) is 18.9. The summed E-state index contributed by atoms with van der Waals surface area (Å²) in [4.78, 5) is 21.1. The van der Waals surface area contributed by atoms with E-state index in [0.29, 0.717) is 12.1 Å². The Labute approximate surface area is 170 Å². The quantitative estimate of drug-likeness (QED) is 0.480. The van der Waals surface area contributed by atoms with Crippen LogP contribution in [0.2, 0.25) is 0 Å². The molecule has 0 aliphatic rings. The lowest BCUT2D eigenvalue weighted by Crippen LogP contribution is -2.25. The van der Waals surface area contributed by atoms with Gasteiger partial charge in [-0.25, -0.2) is 4.98 Å².